The third-order valence-electron chi connectivity index (χ3n) is 4.01. The third kappa shape index (κ3) is 8.06. The molecule has 0 atom stereocenters. The Morgan fingerprint density at radius 2 is 1.42 bits per heavy atom. The van der Waals surface area contributed by atoms with E-state index in [-0.39, 0.29) is 5.91 Å². The molecule has 2 aromatic carbocycles. The number of ether oxygens (including phenoxy) is 2. The first-order valence-electron chi connectivity index (χ1n) is 9.48. The van der Waals surface area contributed by atoms with E-state index < -0.39 is 0 Å². The van der Waals surface area contributed by atoms with Gasteiger partial charge in [0, 0.05) is 12.1 Å². The molecule has 0 bridgehead atoms. The summed E-state index contributed by atoms with van der Waals surface area (Å²) in [4.78, 5) is 11.9. The van der Waals surface area contributed by atoms with Crippen LogP contribution >= 0.6 is 0 Å². The number of para-hydroxylation sites is 1. The molecule has 2 rings (SSSR count). The second-order valence-corrected chi connectivity index (χ2v) is 6.25. The number of carbonyl (C=O) groups is 1. The third-order valence-corrected chi connectivity index (χ3v) is 4.01. The fourth-order valence-corrected chi connectivity index (χ4v) is 2.58. The molecule has 0 spiro atoms. The van der Waals surface area contributed by atoms with Crippen LogP contribution in [0, 0.1) is 0 Å². The van der Waals surface area contributed by atoms with Crippen molar-refractivity contribution in [1.29, 1.82) is 0 Å². The summed E-state index contributed by atoms with van der Waals surface area (Å²) in [6.45, 7) is 3.15. The summed E-state index contributed by atoms with van der Waals surface area (Å²) in [5.74, 6) is 1.68. The average molecular weight is 355 g/mol. The number of hydrogen-bond acceptors (Lipinski definition) is 3. The first-order valence-corrected chi connectivity index (χ1v) is 9.48. The van der Waals surface area contributed by atoms with Gasteiger partial charge in [-0.15, -0.1) is 0 Å². The van der Waals surface area contributed by atoms with Crippen LogP contribution in [0.2, 0.25) is 0 Å². The minimum absolute atomic E-state index is 0.0754. The van der Waals surface area contributed by atoms with Crippen LogP contribution in [0.3, 0.4) is 0 Å². The van der Waals surface area contributed by atoms with E-state index in [1.54, 1.807) is 0 Å². The summed E-state index contributed by atoms with van der Waals surface area (Å²) < 4.78 is 11.2. The molecule has 0 radical (unpaired) electrons. The van der Waals surface area contributed by atoms with E-state index in [9.17, 15) is 4.79 Å². The van der Waals surface area contributed by atoms with Gasteiger partial charge in [0.15, 0.2) is 0 Å². The predicted octanol–water partition coefficient (Wildman–Crippen LogP) is 5.44. The van der Waals surface area contributed by atoms with Crippen molar-refractivity contribution in [1.82, 2.24) is 0 Å². The Hall–Kier alpha value is -2.49. The van der Waals surface area contributed by atoms with E-state index in [1.807, 2.05) is 54.6 Å². The van der Waals surface area contributed by atoms with Crippen molar-refractivity contribution in [3.05, 3.63) is 54.6 Å². The molecule has 1 amide bonds. The van der Waals surface area contributed by atoms with Crippen LogP contribution in [-0.2, 0) is 4.79 Å². The molecule has 4 heteroatoms. The maximum atomic E-state index is 11.9. The number of amides is 1. The summed E-state index contributed by atoms with van der Waals surface area (Å²) in [6.07, 6.45) is 6.34. The Balaban J connectivity index is 1.62. The van der Waals surface area contributed by atoms with Crippen molar-refractivity contribution in [3.8, 4) is 11.5 Å². The van der Waals surface area contributed by atoms with Crippen molar-refractivity contribution in [3.63, 3.8) is 0 Å². The summed E-state index contributed by atoms with van der Waals surface area (Å²) >= 11 is 0. The molecule has 0 aromatic heterocycles. The normalized spacial score (nSPS) is 10.3. The maximum Gasteiger partial charge on any atom is 0.224 e. The SMILES string of the molecule is CCCCCCCC(=O)Nc1ccc(OCCOc2ccccc2)cc1. The van der Waals surface area contributed by atoms with E-state index >= 15 is 0 Å². The summed E-state index contributed by atoms with van der Waals surface area (Å²) in [5.41, 5.74) is 0.802. The molecule has 0 aliphatic heterocycles. The molecule has 26 heavy (non-hydrogen) atoms. The number of rotatable bonds is 12. The molecule has 4 nitrogen and oxygen atoms in total. The fourth-order valence-electron chi connectivity index (χ4n) is 2.58. The van der Waals surface area contributed by atoms with Crippen molar-refractivity contribution >= 4 is 11.6 Å². The van der Waals surface area contributed by atoms with Crippen LogP contribution in [0.4, 0.5) is 5.69 Å². The Morgan fingerprint density at radius 1 is 0.808 bits per heavy atom. The van der Waals surface area contributed by atoms with Gasteiger partial charge in [-0.05, 0) is 42.8 Å². The van der Waals surface area contributed by atoms with Gasteiger partial charge in [0.05, 0.1) is 0 Å². The standard InChI is InChI=1S/C22H29NO3/c1-2-3-4-5-9-12-22(24)23-19-13-15-21(16-14-19)26-18-17-25-20-10-7-6-8-11-20/h6-8,10-11,13-16H,2-5,9,12,17-18H2,1H3,(H,23,24). The van der Waals surface area contributed by atoms with Crippen LogP contribution < -0.4 is 14.8 Å². The molecule has 1 N–H and O–H groups in total. The molecular formula is C22H29NO3. The Labute approximate surface area is 156 Å². The topological polar surface area (TPSA) is 47.6 Å². The molecule has 0 saturated carbocycles. The number of anilines is 1. The van der Waals surface area contributed by atoms with E-state index in [0.717, 1.165) is 30.0 Å². The van der Waals surface area contributed by atoms with Gasteiger partial charge in [0.1, 0.15) is 24.7 Å². The van der Waals surface area contributed by atoms with Gasteiger partial charge in [-0.1, -0.05) is 50.8 Å². The van der Waals surface area contributed by atoms with Crippen molar-refractivity contribution < 1.29 is 14.3 Å². The lowest BCUT2D eigenvalue weighted by Crippen LogP contribution is -2.11. The number of benzene rings is 2. The lowest BCUT2D eigenvalue weighted by atomic mass is 10.1. The summed E-state index contributed by atoms with van der Waals surface area (Å²) in [6, 6.07) is 17.1. The number of hydrogen-bond donors (Lipinski definition) is 1. The molecule has 2 aromatic rings. The summed E-state index contributed by atoms with van der Waals surface area (Å²) in [5, 5.41) is 2.93. The van der Waals surface area contributed by atoms with Gasteiger partial charge < -0.3 is 14.8 Å². The molecule has 140 valence electrons. The highest BCUT2D eigenvalue weighted by Gasteiger charge is 2.03. The molecule has 0 aliphatic rings. The molecule has 0 aliphatic carbocycles. The van der Waals surface area contributed by atoms with Gasteiger partial charge >= 0.3 is 0 Å². The zero-order valence-corrected chi connectivity index (χ0v) is 15.6. The zero-order chi connectivity index (χ0) is 18.5. The first-order chi connectivity index (χ1) is 12.8. The summed E-state index contributed by atoms with van der Waals surface area (Å²) in [7, 11) is 0. The van der Waals surface area contributed by atoms with Crippen molar-refractivity contribution in [2.24, 2.45) is 0 Å². The predicted molar refractivity (Wildman–Crippen MR) is 106 cm³/mol. The molecule has 0 unspecified atom stereocenters. The number of carbonyl (C=O) groups excluding carboxylic acids is 1. The quantitative estimate of drug-likeness (QED) is 0.515. The highest BCUT2D eigenvalue weighted by atomic mass is 16.5. The van der Waals surface area contributed by atoms with Gasteiger partial charge in [-0.3, -0.25) is 4.79 Å². The molecule has 0 saturated heterocycles. The minimum atomic E-state index is 0.0754. The van der Waals surface area contributed by atoms with E-state index in [2.05, 4.69) is 12.2 Å². The number of unbranched alkanes of at least 4 members (excludes halogenated alkanes) is 4. The Bertz CT molecular complexity index is 626. The van der Waals surface area contributed by atoms with Gasteiger partial charge in [0.2, 0.25) is 5.91 Å². The highest BCUT2D eigenvalue weighted by Crippen LogP contribution is 2.16. The van der Waals surface area contributed by atoms with Crippen LogP contribution in [0.1, 0.15) is 45.4 Å². The van der Waals surface area contributed by atoms with Gasteiger partial charge in [0.25, 0.3) is 0 Å². The van der Waals surface area contributed by atoms with Crippen LogP contribution in [0.5, 0.6) is 11.5 Å². The van der Waals surface area contributed by atoms with Crippen molar-refractivity contribution in [2.45, 2.75) is 45.4 Å². The van der Waals surface area contributed by atoms with Crippen LogP contribution in [0.15, 0.2) is 54.6 Å². The van der Waals surface area contributed by atoms with Crippen LogP contribution in [0.25, 0.3) is 0 Å². The second kappa shape index (κ2) is 12.0. The van der Waals surface area contributed by atoms with Gasteiger partial charge in [-0.2, -0.15) is 0 Å². The zero-order valence-electron chi connectivity index (χ0n) is 15.6. The smallest absolute Gasteiger partial charge is 0.224 e. The van der Waals surface area contributed by atoms with Gasteiger partial charge in [-0.25, -0.2) is 0 Å². The second-order valence-electron chi connectivity index (χ2n) is 6.25. The van der Waals surface area contributed by atoms with E-state index in [0.29, 0.717) is 19.6 Å². The van der Waals surface area contributed by atoms with Crippen molar-refractivity contribution in [2.75, 3.05) is 18.5 Å². The van der Waals surface area contributed by atoms with E-state index in [4.69, 9.17) is 9.47 Å². The lowest BCUT2D eigenvalue weighted by Gasteiger charge is -2.09. The maximum absolute atomic E-state index is 11.9. The number of nitrogens with one attached hydrogen (secondary N) is 1. The largest absolute Gasteiger partial charge is 0.490 e. The molecule has 0 heterocycles. The molecule has 0 fully saturated rings. The first kappa shape index (κ1) is 19.8. The highest BCUT2D eigenvalue weighted by molar-refractivity contribution is 5.90. The fraction of sp³-hybridized carbons (Fsp3) is 0.409. The Kier molecular flexibility index (Phi) is 9.12. The Morgan fingerprint density at radius 3 is 2.08 bits per heavy atom. The van der Waals surface area contributed by atoms with E-state index in [1.165, 1.54) is 19.3 Å². The van der Waals surface area contributed by atoms with Crippen LogP contribution in [-0.4, -0.2) is 19.1 Å². The average Bonchev–Trinajstić information content (AvgIpc) is 2.67. The lowest BCUT2D eigenvalue weighted by molar-refractivity contribution is -0.116. The minimum Gasteiger partial charge on any atom is -0.490 e. The monoisotopic (exact) mass is 355 g/mol. The molecular weight excluding hydrogens is 326 g/mol.